The van der Waals surface area contributed by atoms with Crippen molar-refractivity contribution >= 4 is 11.9 Å². The van der Waals surface area contributed by atoms with Crippen molar-refractivity contribution in [3.8, 4) is 0 Å². The van der Waals surface area contributed by atoms with Crippen LogP contribution in [0.3, 0.4) is 0 Å². The third-order valence-electron chi connectivity index (χ3n) is 10.3. The molecule has 0 aliphatic carbocycles. The van der Waals surface area contributed by atoms with Crippen LogP contribution in [0.5, 0.6) is 0 Å². The summed E-state index contributed by atoms with van der Waals surface area (Å²) in [6, 6.07) is 0. The normalized spacial score (nSPS) is 20.7. The van der Waals surface area contributed by atoms with Crippen molar-refractivity contribution in [2.45, 2.75) is 230 Å². The molecule has 10 heteroatoms. The highest BCUT2D eigenvalue weighted by molar-refractivity contribution is 5.70. The van der Waals surface area contributed by atoms with Crippen LogP contribution >= 0.6 is 0 Å². The van der Waals surface area contributed by atoms with Gasteiger partial charge in [-0.1, -0.05) is 160 Å². The van der Waals surface area contributed by atoms with Gasteiger partial charge in [-0.3, -0.25) is 9.59 Å². The molecule has 0 saturated carbocycles. The van der Waals surface area contributed by atoms with Crippen molar-refractivity contribution in [2.24, 2.45) is 0 Å². The van der Waals surface area contributed by atoms with E-state index in [0.717, 1.165) is 38.5 Å². The van der Waals surface area contributed by atoms with Gasteiger partial charge < -0.3 is 39.4 Å². The van der Waals surface area contributed by atoms with Crippen molar-refractivity contribution in [3.05, 3.63) is 24.3 Å². The molecule has 4 N–H and O–H groups in total. The van der Waals surface area contributed by atoms with Gasteiger partial charge in [-0.15, -0.1) is 0 Å². The molecule has 10 nitrogen and oxygen atoms in total. The predicted molar refractivity (Wildman–Crippen MR) is 219 cm³/mol. The summed E-state index contributed by atoms with van der Waals surface area (Å²) < 4.78 is 22.1. The maximum absolute atomic E-state index is 12.7. The zero-order valence-electron chi connectivity index (χ0n) is 34.9. The van der Waals surface area contributed by atoms with E-state index in [-0.39, 0.29) is 32.0 Å². The highest BCUT2D eigenvalue weighted by Crippen LogP contribution is 2.22. The summed E-state index contributed by atoms with van der Waals surface area (Å²) in [5, 5.41) is 40.0. The van der Waals surface area contributed by atoms with Crippen LogP contribution in [0.25, 0.3) is 0 Å². The lowest BCUT2D eigenvalue weighted by atomic mass is 9.99. The highest BCUT2D eigenvalue weighted by Gasteiger charge is 2.44. The SMILES string of the molecule is CCCC/C=C/CCCCCCCCCCCC(=O)OC[C@@H](CO[C@H]1O[C@@H](CO)[C@@H](O)C(O)C1O)OC(=O)CC/C=C/CCCCCCCCCCCCC. The van der Waals surface area contributed by atoms with Gasteiger partial charge in [0.15, 0.2) is 12.4 Å². The molecule has 1 aliphatic rings. The zero-order valence-corrected chi connectivity index (χ0v) is 34.9. The smallest absolute Gasteiger partial charge is 0.306 e. The second kappa shape index (κ2) is 36.5. The first-order valence-corrected chi connectivity index (χ1v) is 22.4. The van der Waals surface area contributed by atoms with Gasteiger partial charge in [0.1, 0.15) is 31.0 Å². The monoisotopic (exact) mass is 783 g/mol. The molecule has 0 aromatic rings. The molecule has 0 spiro atoms. The van der Waals surface area contributed by atoms with Crippen LogP contribution in [-0.4, -0.2) is 89.0 Å². The van der Waals surface area contributed by atoms with Gasteiger partial charge in [-0.25, -0.2) is 0 Å². The minimum absolute atomic E-state index is 0.149. The van der Waals surface area contributed by atoms with Crippen LogP contribution in [0.1, 0.15) is 194 Å². The Morgan fingerprint density at radius 2 is 1.02 bits per heavy atom. The summed E-state index contributed by atoms with van der Waals surface area (Å²) in [5.74, 6) is -0.861. The number of rotatable bonds is 37. The van der Waals surface area contributed by atoms with Crippen LogP contribution in [0.2, 0.25) is 0 Å². The van der Waals surface area contributed by atoms with Gasteiger partial charge in [0, 0.05) is 12.8 Å². The quantitative estimate of drug-likeness (QED) is 0.0273. The van der Waals surface area contributed by atoms with Crippen LogP contribution in [0.15, 0.2) is 24.3 Å². The molecular formula is C45H82O10. The summed E-state index contributed by atoms with van der Waals surface area (Å²) in [6.07, 6.45) is 31.9. The van der Waals surface area contributed by atoms with Gasteiger partial charge >= 0.3 is 11.9 Å². The second-order valence-corrected chi connectivity index (χ2v) is 15.5. The Bertz CT molecular complexity index is 954. The largest absolute Gasteiger partial charge is 0.462 e. The van der Waals surface area contributed by atoms with Crippen molar-refractivity contribution in [2.75, 3.05) is 19.8 Å². The van der Waals surface area contributed by atoms with Crippen molar-refractivity contribution < 1.29 is 49.0 Å². The number of ether oxygens (including phenoxy) is 4. The maximum atomic E-state index is 12.7. The van der Waals surface area contributed by atoms with E-state index in [9.17, 15) is 30.0 Å². The molecule has 0 radical (unpaired) electrons. The topological polar surface area (TPSA) is 152 Å². The number of hydrogen-bond acceptors (Lipinski definition) is 10. The van der Waals surface area contributed by atoms with E-state index in [1.807, 2.05) is 6.08 Å². The standard InChI is InChI=1S/C45H82O10/c1-3-5-7-9-11-13-15-17-19-21-23-25-27-29-31-33-40(47)52-36-38(37-53-45-44(51)43(50)42(49)39(35-46)55-45)54-41(48)34-32-30-28-26-24-22-20-18-16-14-12-10-8-6-4-2/h9,11,28,30,38-39,42-46,49-51H,3-8,10,12-27,29,31-37H2,1-2H3/b11-9+,30-28+/t38-,39-,42+,43?,44?,45-/m0/s1. The minimum atomic E-state index is -1.60. The van der Waals surface area contributed by atoms with Crippen molar-refractivity contribution in [1.29, 1.82) is 0 Å². The number of hydrogen-bond donors (Lipinski definition) is 4. The van der Waals surface area contributed by atoms with Crippen LogP contribution < -0.4 is 0 Å². The molecule has 1 rings (SSSR count). The van der Waals surface area contributed by atoms with Crippen LogP contribution in [0, 0.1) is 0 Å². The molecule has 322 valence electrons. The second-order valence-electron chi connectivity index (χ2n) is 15.5. The third-order valence-corrected chi connectivity index (χ3v) is 10.3. The summed E-state index contributed by atoms with van der Waals surface area (Å²) in [6.45, 7) is 3.36. The maximum Gasteiger partial charge on any atom is 0.306 e. The lowest BCUT2D eigenvalue weighted by Gasteiger charge is -2.39. The van der Waals surface area contributed by atoms with E-state index in [0.29, 0.717) is 6.42 Å². The number of unbranched alkanes of at least 4 members (excludes halogenated alkanes) is 22. The Balaban J connectivity index is 2.35. The molecule has 1 aliphatic heterocycles. The Labute approximate surface area is 334 Å². The molecule has 0 aromatic heterocycles. The van der Waals surface area contributed by atoms with E-state index in [1.54, 1.807) is 0 Å². The summed E-state index contributed by atoms with van der Waals surface area (Å²) in [7, 11) is 0. The first-order valence-electron chi connectivity index (χ1n) is 22.4. The number of esters is 2. The van der Waals surface area contributed by atoms with Crippen LogP contribution in [0.4, 0.5) is 0 Å². The predicted octanol–water partition coefficient (Wildman–Crippen LogP) is 9.33. The molecular weight excluding hydrogens is 700 g/mol. The number of allylic oxidation sites excluding steroid dienone is 4. The van der Waals surface area contributed by atoms with Gasteiger partial charge in [0.05, 0.1) is 13.2 Å². The molecule has 1 saturated heterocycles. The van der Waals surface area contributed by atoms with Gasteiger partial charge in [-0.05, 0) is 44.9 Å². The third kappa shape index (κ3) is 28.3. The molecule has 0 bridgehead atoms. The summed E-state index contributed by atoms with van der Waals surface area (Å²) in [5.41, 5.74) is 0. The first kappa shape index (κ1) is 51.2. The van der Waals surface area contributed by atoms with Crippen LogP contribution in [-0.2, 0) is 28.5 Å². The minimum Gasteiger partial charge on any atom is -0.462 e. The lowest BCUT2D eigenvalue weighted by Crippen LogP contribution is -2.59. The van der Waals surface area contributed by atoms with Crippen molar-refractivity contribution in [3.63, 3.8) is 0 Å². The summed E-state index contributed by atoms with van der Waals surface area (Å²) in [4.78, 5) is 25.3. The fraction of sp³-hybridized carbons (Fsp3) is 0.867. The molecule has 55 heavy (non-hydrogen) atoms. The highest BCUT2D eigenvalue weighted by atomic mass is 16.7. The van der Waals surface area contributed by atoms with E-state index in [4.69, 9.17) is 18.9 Å². The zero-order chi connectivity index (χ0) is 40.2. The molecule has 6 atom stereocenters. The van der Waals surface area contributed by atoms with E-state index in [2.05, 4.69) is 32.1 Å². The molecule has 0 amide bonds. The fourth-order valence-electron chi connectivity index (χ4n) is 6.72. The summed E-state index contributed by atoms with van der Waals surface area (Å²) >= 11 is 0. The molecule has 1 heterocycles. The first-order chi connectivity index (χ1) is 26.8. The average molecular weight is 783 g/mol. The molecule has 1 fully saturated rings. The Kier molecular flexibility index (Phi) is 34.0. The number of carbonyl (C=O) groups excluding carboxylic acids is 2. The van der Waals surface area contributed by atoms with E-state index >= 15 is 0 Å². The molecule has 2 unspecified atom stereocenters. The Morgan fingerprint density at radius 1 is 0.545 bits per heavy atom. The average Bonchev–Trinajstić information content (AvgIpc) is 3.18. The van der Waals surface area contributed by atoms with Gasteiger partial charge in [0.25, 0.3) is 0 Å². The van der Waals surface area contributed by atoms with Gasteiger partial charge in [0.2, 0.25) is 0 Å². The number of aliphatic hydroxyl groups excluding tert-OH is 4. The van der Waals surface area contributed by atoms with E-state index in [1.165, 1.54) is 122 Å². The molecule has 0 aromatic carbocycles. The Hall–Kier alpha value is -1.82. The van der Waals surface area contributed by atoms with Crippen molar-refractivity contribution in [1.82, 2.24) is 0 Å². The lowest BCUT2D eigenvalue weighted by molar-refractivity contribution is -0.305. The fourth-order valence-corrected chi connectivity index (χ4v) is 6.72. The van der Waals surface area contributed by atoms with E-state index < -0.39 is 49.4 Å². The number of aliphatic hydroxyl groups is 4. The Morgan fingerprint density at radius 3 is 1.55 bits per heavy atom. The number of carbonyl (C=O) groups is 2. The van der Waals surface area contributed by atoms with Gasteiger partial charge in [-0.2, -0.15) is 0 Å².